The van der Waals surface area contributed by atoms with E-state index in [0.29, 0.717) is 11.3 Å². The van der Waals surface area contributed by atoms with E-state index < -0.39 is 0 Å². The van der Waals surface area contributed by atoms with Gasteiger partial charge in [-0.25, -0.2) is 0 Å². The van der Waals surface area contributed by atoms with E-state index in [2.05, 4.69) is 6.92 Å². The average molecular weight is 296 g/mol. The number of hydrogen-bond donors (Lipinski definition) is 0. The molecule has 0 heterocycles. The van der Waals surface area contributed by atoms with E-state index in [4.69, 9.17) is 9.47 Å². The van der Waals surface area contributed by atoms with Crippen LogP contribution in [0.15, 0.2) is 48.5 Å². The van der Waals surface area contributed by atoms with Crippen molar-refractivity contribution in [2.45, 2.75) is 13.3 Å². The van der Waals surface area contributed by atoms with E-state index >= 15 is 0 Å². The molecule has 0 spiro atoms. The van der Waals surface area contributed by atoms with Crippen molar-refractivity contribution in [1.29, 1.82) is 0 Å². The highest BCUT2D eigenvalue weighted by Crippen LogP contribution is 2.25. The number of hydrogen-bond acceptors (Lipinski definition) is 3. The van der Waals surface area contributed by atoms with Crippen LogP contribution in [0.3, 0.4) is 0 Å². The summed E-state index contributed by atoms with van der Waals surface area (Å²) in [5.74, 6) is 1.36. The first-order valence-corrected chi connectivity index (χ1v) is 7.21. The van der Waals surface area contributed by atoms with Crippen molar-refractivity contribution < 1.29 is 14.3 Å². The molecule has 2 aromatic rings. The van der Waals surface area contributed by atoms with Crippen LogP contribution in [0.5, 0.6) is 11.5 Å². The Kier molecular flexibility index (Phi) is 5.37. The van der Waals surface area contributed by atoms with Gasteiger partial charge in [-0.1, -0.05) is 31.2 Å². The predicted molar refractivity (Wildman–Crippen MR) is 88.7 cm³/mol. The lowest BCUT2D eigenvalue weighted by Gasteiger charge is -2.07. The van der Waals surface area contributed by atoms with E-state index in [9.17, 15) is 4.79 Å². The highest BCUT2D eigenvalue weighted by atomic mass is 16.5. The van der Waals surface area contributed by atoms with Gasteiger partial charge in [0.05, 0.1) is 14.2 Å². The van der Waals surface area contributed by atoms with Gasteiger partial charge in [-0.2, -0.15) is 0 Å². The number of carbonyl (C=O) groups excluding carboxylic acids is 1. The number of rotatable bonds is 6. The molecule has 0 N–H and O–H groups in total. The van der Waals surface area contributed by atoms with Crippen LogP contribution >= 0.6 is 0 Å². The van der Waals surface area contributed by atoms with Gasteiger partial charge in [0, 0.05) is 17.2 Å². The number of aryl methyl sites for hydroxylation is 1. The summed E-state index contributed by atoms with van der Waals surface area (Å²) in [7, 11) is 3.20. The minimum atomic E-state index is -0.0273. The number of carbonyl (C=O) groups is 1. The number of ether oxygens (including phenoxy) is 2. The van der Waals surface area contributed by atoms with Crippen molar-refractivity contribution in [3.63, 3.8) is 0 Å². The highest BCUT2D eigenvalue weighted by Gasteiger charge is 2.05. The van der Waals surface area contributed by atoms with Crippen molar-refractivity contribution in [2.75, 3.05) is 14.2 Å². The minimum Gasteiger partial charge on any atom is -0.497 e. The van der Waals surface area contributed by atoms with Gasteiger partial charge in [0.25, 0.3) is 0 Å². The number of ketones is 1. The van der Waals surface area contributed by atoms with Crippen LogP contribution in [0, 0.1) is 0 Å². The highest BCUT2D eigenvalue weighted by molar-refractivity contribution is 6.06. The topological polar surface area (TPSA) is 35.5 Å². The first-order chi connectivity index (χ1) is 10.7. The number of benzene rings is 2. The molecule has 114 valence electrons. The lowest BCUT2D eigenvalue weighted by molar-refractivity contribution is 0.104. The van der Waals surface area contributed by atoms with E-state index in [0.717, 1.165) is 17.7 Å². The zero-order valence-electron chi connectivity index (χ0n) is 13.1. The summed E-state index contributed by atoms with van der Waals surface area (Å²) in [6, 6.07) is 13.2. The Morgan fingerprint density at radius 2 is 1.77 bits per heavy atom. The maximum absolute atomic E-state index is 12.2. The van der Waals surface area contributed by atoms with E-state index in [1.807, 2.05) is 36.4 Å². The van der Waals surface area contributed by atoms with Crippen LogP contribution in [-0.2, 0) is 6.42 Å². The molecule has 0 aliphatic rings. The Labute approximate surface area is 131 Å². The van der Waals surface area contributed by atoms with Gasteiger partial charge in [0.1, 0.15) is 11.5 Å². The van der Waals surface area contributed by atoms with Crippen LogP contribution in [0.25, 0.3) is 6.08 Å². The fraction of sp³-hybridized carbons (Fsp3) is 0.211. The summed E-state index contributed by atoms with van der Waals surface area (Å²) in [6.45, 7) is 2.09. The smallest absolute Gasteiger partial charge is 0.185 e. The molecule has 0 amide bonds. The normalized spacial score (nSPS) is 10.7. The molecule has 0 unspecified atom stereocenters. The van der Waals surface area contributed by atoms with E-state index in [1.165, 1.54) is 5.56 Å². The van der Waals surface area contributed by atoms with Gasteiger partial charge in [0.15, 0.2) is 5.78 Å². The third kappa shape index (κ3) is 3.76. The van der Waals surface area contributed by atoms with Gasteiger partial charge >= 0.3 is 0 Å². The molecule has 0 aromatic heterocycles. The van der Waals surface area contributed by atoms with Crippen LogP contribution < -0.4 is 9.47 Å². The van der Waals surface area contributed by atoms with Crippen molar-refractivity contribution in [2.24, 2.45) is 0 Å². The second kappa shape index (κ2) is 7.46. The lowest BCUT2D eigenvalue weighted by atomic mass is 10.1. The molecule has 2 aromatic carbocycles. The summed E-state index contributed by atoms with van der Waals surface area (Å²) in [4.78, 5) is 12.2. The van der Waals surface area contributed by atoms with E-state index in [1.54, 1.807) is 32.4 Å². The summed E-state index contributed by atoms with van der Waals surface area (Å²) in [5.41, 5.74) is 2.74. The van der Waals surface area contributed by atoms with E-state index in [-0.39, 0.29) is 5.78 Å². The number of methoxy groups -OCH3 is 2. The van der Waals surface area contributed by atoms with Crippen molar-refractivity contribution in [3.05, 3.63) is 65.2 Å². The first kappa shape index (κ1) is 15.8. The fourth-order valence-corrected chi connectivity index (χ4v) is 2.12. The largest absolute Gasteiger partial charge is 0.497 e. The van der Waals surface area contributed by atoms with Crippen molar-refractivity contribution in [3.8, 4) is 11.5 Å². The standard InChI is InChI=1S/C19H20O3/c1-4-14-5-7-15(8-6-14)18(20)12-10-16-9-11-17(21-2)13-19(16)22-3/h5-13H,4H2,1-3H3/b12-10+. The van der Waals surface area contributed by atoms with Crippen LogP contribution in [-0.4, -0.2) is 20.0 Å². The summed E-state index contributed by atoms with van der Waals surface area (Å²) >= 11 is 0. The molecule has 3 nitrogen and oxygen atoms in total. The summed E-state index contributed by atoms with van der Waals surface area (Å²) in [6.07, 6.45) is 4.28. The van der Waals surface area contributed by atoms with Crippen LogP contribution in [0.4, 0.5) is 0 Å². The SMILES string of the molecule is CCc1ccc(C(=O)/C=C/c2ccc(OC)cc2OC)cc1. The lowest BCUT2D eigenvalue weighted by Crippen LogP contribution is -1.95. The summed E-state index contributed by atoms with van der Waals surface area (Å²) < 4.78 is 10.5. The van der Waals surface area contributed by atoms with Crippen molar-refractivity contribution in [1.82, 2.24) is 0 Å². The molecule has 0 fully saturated rings. The Bertz CT molecular complexity index is 670. The minimum absolute atomic E-state index is 0.0273. The maximum atomic E-state index is 12.2. The monoisotopic (exact) mass is 296 g/mol. The molecule has 0 radical (unpaired) electrons. The third-order valence-electron chi connectivity index (χ3n) is 3.50. The third-order valence-corrected chi connectivity index (χ3v) is 3.50. The Morgan fingerprint density at radius 1 is 1.05 bits per heavy atom. The molecule has 0 saturated heterocycles. The Morgan fingerprint density at radius 3 is 2.36 bits per heavy atom. The molecule has 2 rings (SSSR count). The zero-order valence-corrected chi connectivity index (χ0v) is 13.1. The molecule has 22 heavy (non-hydrogen) atoms. The van der Waals surface area contributed by atoms with Crippen LogP contribution in [0.1, 0.15) is 28.4 Å². The molecular weight excluding hydrogens is 276 g/mol. The second-order valence-corrected chi connectivity index (χ2v) is 4.86. The summed E-state index contributed by atoms with van der Waals surface area (Å²) in [5, 5.41) is 0. The molecule has 0 aliphatic carbocycles. The van der Waals surface area contributed by atoms with Gasteiger partial charge in [-0.3, -0.25) is 4.79 Å². The van der Waals surface area contributed by atoms with Gasteiger partial charge in [-0.05, 0) is 36.3 Å². The Balaban J connectivity index is 2.18. The maximum Gasteiger partial charge on any atom is 0.185 e. The number of allylic oxidation sites excluding steroid dienone is 1. The second-order valence-electron chi connectivity index (χ2n) is 4.86. The van der Waals surface area contributed by atoms with Gasteiger partial charge in [-0.15, -0.1) is 0 Å². The quantitative estimate of drug-likeness (QED) is 0.593. The van der Waals surface area contributed by atoms with Gasteiger partial charge in [0.2, 0.25) is 0 Å². The molecule has 0 atom stereocenters. The molecular formula is C19H20O3. The first-order valence-electron chi connectivity index (χ1n) is 7.21. The molecule has 0 bridgehead atoms. The van der Waals surface area contributed by atoms with Crippen LogP contribution in [0.2, 0.25) is 0 Å². The van der Waals surface area contributed by atoms with Crippen molar-refractivity contribution >= 4 is 11.9 Å². The fourth-order valence-electron chi connectivity index (χ4n) is 2.12. The average Bonchev–Trinajstić information content (AvgIpc) is 2.59. The predicted octanol–water partition coefficient (Wildman–Crippen LogP) is 4.16. The Hall–Kier alpha value is -2.55. The molecule has 0 aliphatic heterocycles. The molecule has 3 heteroatoms. The zero-order chi connectivity index (χ0) is 15.9. The van der Waals surface area contributed by atoms with Gasteiger partial charge < -0.3 is 9.47 Å². The molecule has 0 saturated carbocycles.